The van der Waals surface area contributed by atoms with Crippen LogP contribution in [0.4, 0.5) is 4.79 Å². The van der Waals surface area contributed by atoms with E-state index in [2.05, 4.69) is 5.32 Å². The predicted octanol–water partition coefficient (Wildman–Crippen LogP) is 2.50. The van der Waals surface area contributed by atoms with Gasteiger partial charge in [0.05, 0.1) is 6.54 Å². The van der Waals surface area contributed by atoms with Crippen molar-refractivity contribution in [1.82, 2.24) is 10.2 Å². The molecule has 0 aliphatic carbocycles. The van der Waals surface area contributed by atoms with Gasteiger partial charge in [0.1, 0.15) is 0 Å². The van der Waals surface area contributed by atoms with E-state index in [-0.39, 0.29) is 6.03 Å². The zero-order valence-electron chi connectivity index (χ0n) is 12.6. The number of hydrogen-bond acceptors (Lipinski definition) is 3. The Morgan fingerprint density at radius 3 is 2.73 bits per heavy atom. The summed E-state index contributed by atoms with van der Waals surface area (Å²) in [5.41, 5.74) is 7.71. The number of carbonyl (C=O) groups excluding carboxylic acids is 2. The topological polar surface area (TPSA) is 75.4 Å². The third-order valence-corrected chi connectivity index (χ3v) is 4.36. The summed E-state index contributed by atoms with van der Waals surface area (Å²) < 4.78 is 0. The van der Waals surface area contributed by atoms with Gasteiger partial charge in [0.15, 0.2) is 0 Å². The molecule has 6 heteroatoms. The second-order valence-electron chi connectivity index (χ2n) is 5.11. The fourth-order valence-electron chi connectivity index (χ4n) is 2.00. The first-order valence-corrected chi connectivity index (χ1v) is 7.76. The molecule has 3 N–H and O–H groups in total. The summed E-state index contributed by atoms with van der Waals surface area (Å²) in [5, 5.41) is 4.86. The van der Waals surface area contributed by atoms with Crippen LogP contribution in [0.25, 0.3) is 0 Å². The maximum absolute atomic E-state index is 12.1. The van der Waals surface area contributed by atoms with Gasteiger partial charge in [-0.2, -0.15) is 0 Å². The Balaban J connectivity index is 1.91. The highest BCUT2D eigenvalue weighted by Gasteiger charge is 2.11. The second-order valence-corrected chi connectivity index (χ2v) is 6.11. The largest absolute Gasteiger partial charge is 0.366 e. The predicted molar refractivity (Wildman–Crippen MR) is 87.7 cm³/mol. The van der Waals surface area contributed by atoms with Crippen molar-refractivity contribution in [2.24, 2.45) is 5.73 Å². The molecule has 1 aromatic carbocycles. The Morgan fingerprint density at radius 2 is 2.09 bits per heavy atom. The van der Waals surface area contributed by atoms with Crippen molar-refractivity contribution in [2.75, 3.05) is 7.05 Å². The number of thiophene rings is 1. The summed E-state index contributed by atoms with van der Waals surface area (Å²) in [6.45, 7) is 2.97. The molecule has 0 aliphatic heterocycles. The van der Waals surface area contributed by atoms with Crippen LogP contribution in [0.15, 0.2) is 35.7 Å². The van der Waals surface area contributed by atoms with E-state index < -0.39 is 5.91 Å². The normalized spacial score (nSPS) is 10.3. The molecule has 1 heterocycles. The van der Waals surface area contributed by atoms with E-state index >= 15 is 0 Å². The van der Waals surface area contributed by atoms with Crippen molar-refractivity contribution in [3.05, 3.63) is 57.3 Å². The third kappa shape index (κ3) is 4.08. The molecule has 0 unspecified atom stereocenters. The number of amides is 3. The minimum Gasteiger partial charge on any atom is -0.366 e. The van der Waals surface area contributed by atoms with Gasteiger partial charge < -0.3 is 16.0 Å². The molecule has 0 atom stereocenters. The van der Waals surface area contributed by atoms with E-state index in [4.69, 9.17) is 5.73 Å². The quantitative estimate of drug-likeness (QED) is 0.889. The first-order chi connectivity index (χ1) is 10.5. The standard InChI is InChI=1S/C16H19N3O2S/c1-11-6-7-22-14(11)10-19(2)16(21)18-9-12-4-3-5-13(8-12)15(17)20/h3-8H,9-10H2,1-2H3,(H2,17,20)(H,18,21). The van der Waals surface area contributed by atoms with Crippen LogP contribution in [0.5, 0.6) is 0 Å². The molecule has 0 saturated carbocycles. The van der Waals surface area contributed by atoms with Gasteiger partial charge in [-0.25, -0.2) is 4.79 Å². The SMILES string of the molecule is Cc1ccsc1CN(C)C(=O)NCc1cccc(C(N)=O)c1. The molecule has 0 saturated heterocycles. The molecule has 0 aliphatic rings. The molecule has 116 valence electrons. The van der Waals surface area contributed by atoms with Crippen LogP contribution in [-0.4, -0.2) is 23.9 Å². The van der Waals surface area contributed by atoms with Gasteiger partial charge >= 0.3 is 6.03 Å². The van der Waals surface area contributed by atoms with Gasteiger partial charge in [0.2, 0.25) is 5.91 Å². The molecule has 0 bridgehead atoms. The molecule has 2 aromatic rings. The highest BCUT2D eigenvalue weighted by molar-refractivity contribution is 7.10. The highest BCUT2D eigenvalue weighted by Crippen LogP contribution is 2.17. The molecule has 3 amide bonds. The molecule has 0 spiro atoms. The van der Waals surface area contributed by atoms with Crippen molar-refractivity contribution in [3.8, 4) is 0 Å². The van der Waals surface area contributed by atoms with Crippen molar-refractivity contribution in [3.63, 3.8) is 0 Å². The molecule has 22 heavy (non-hydrogen) atoms. The van der Waals surface area contributed by atoms with Gasteiger partial charge in [-0.1, -0.05) is 12.1 Å². The number of nitrogens with one attached hydrogen (secondary N) is 1. The number of urea groups is 1. The Hall–Kier alpha value is -2.34. The van der Waals surface area contributed by atoms with Gasteiger partial charge in [0, 0.05) is 24.0 Å². The van der Waals surface area contributed by atoms with E-state index in [1.54, 1.807) is 41.5 Å². The highest BCUT2D eigenvalue weighted by atomic mass is 32.1. The average molecular weight is 317 g/mol. The maximum Gasteiger partial charge on any atom is 0.317 e. The number of hydrogen-bond donors (Lipinski definition) is 2. The number of nitrogens with two attached hydrogens (primary N) is 1. The van der Waals surface area contributed by atoms with Crippen LogP contribution in [-0.2, 0) is 13.1 Å². The summed E-state index contributed by atoms with van der Waals surface area (Å²) in [4.78, 5) is 26.0. The monoisotopic (exact) mass is 317 g/mol. The maximum atomic E-state index is 12.1. The smallest absolute Gasteiger partial charge is 0.317 e. The van der Waals surface area contributed by atoms with Crippen LogP contribution >= 0.6 is 11.3 Å². The molecule has 5 nitrogen and oxygen atoms in total. The number of primary amides is 1. The van der Waals surface area contributed by atoms with E-state index in [0.29, 0.717) is 18.7 Å². The Morgan fingerprint density at radius 1 is 1.32 bits per heavy atom. The summed E-state index contributed by atoms with van der Waals surface area (Å²) in [6, 6.07) is 8.82. The zero-order valence-corrected chi connectivity index (χ0v) is 13.4. The average Bonchev–Trinajstić information content (AvgIpc) is 2.90. The van der Waals surface area contributed by atoms with Crippen LogP contribution in [0.1, 0.15) is 26.4 Å². The lowest BCUT2D eigenvalue weighted by Gasteiger charge is -2.18. The van der Waals surface area contributed by atoms with E-state index in [1.165, 1.54) is 10.4 Å². The van der Waals surface area contributed by atoms with Crippen molar-refractivity contribution in [1.29, 1.82) is 0 Å². The van der Waals surface area contributed by atoms with Gasteiger partial charge in [-0.05, 0) is 41.6 Å². The number of nitrogens with zero attached hydrogens (tertiary/aromatic N) is 1. The number of benzene rings is 1. The number of aryl methyl sites for hydroxylation is 1. The molecule has 0 radical (unpaired) electrons. The Bertz CT molecular complexity index is 682. The molecular weight excluding hydrogens is 298 g/mol. The third-order valence-electron chi connectivity index (χ3n) is 3.35. The first kappa shape index (κ1) is 16.0. The fraction of sp³-hybridized carbons (Fsp3) is 0.250. The first-order valence-electron chi connectivity index (χ1n) is 6.88. The van der Waals surface area contributed by atoms with Gasteiger partial charge in [0.25, 0.3) is 0 Å². The summed E-state index contributed by atoms with van der Waals surface area (Å²) in [6.07, 6.45) is 0. The van der Waals surface area contributed by atoms with E-state index in [1.807, 2.05) is 24.4 Å². The van der Waals surface area contributed by atoms with Crippen LogP contribution in [0.3, 0.4) is 0 Å². The lowest BCUT2D eigenvalue weighted by molar-refractivity contribution is 0.1000. The summed E-state index contributed by atoms with van der Waals surface area (Å²) >= 11 is 1.64. The lowest BCUT2D eigenvalue weighted by atomic mass is 10.1. The van der Waals surface area contributed by atoms with Gasteiger partial charge in [-0.15, -0.1) is 11.3 Å². The Kier molecular flexibility index (Phi) is 5.16. The van der Waals surface area contributed by atoms with Crippen LogP contribution < -0.4 is 11.1 Å². The zero-order chi connectivity index (χ0) is 16.1. The number of carbonyl (C=O) groups is 2. The molecule has 1 aromatic heterocycles. The minimum atomic E-state index is -0.474. The molecule has 2 rings (SSSR count). The lowest BCUT2D eigenvalue weighted by Crippen LogP contribution is -2.36. The fourth-order valence-corrected chi connectivity index (χ4v) is 2.96. The Labute approximate surface area is 133 Å². The van der Waals surface area contributed by atoms with Crippen LogP contribution in [0.2, 0.25) is 0 Å². The van der Waals surface area contributed by atoms with Crippen LogP contribution in [0, 0.1) is 6.92 Å². The molecule has 0 fully saturated rings. The van der Waals surface area contributed by atoms with Gasteiger partial charge in [-0.3, -0.25) is 4.79 Å². The molecular formula is C16H19N3O2S. The van der Waals surface area contributed by atoms with Crippen molar-refractivity contribution < 1.29 is 9.59 Å². The second kappa shape index (κ2) is 7.09. The minimum absolute atomic E-state index is 0.155. The number of rotatable bonds is 5. The summed E-state index contributed by atoms with van der Waals surface area (Å²) in [5.74, 6) is -0.474. The van der Waals surface area contributed by atoms with Crippen molar-refractivity contribution in [2.45, 2.75) is 20.0 Å². The van der Waals surface area contributed by atoms with Crippen molar-refractivity contribution >= 4 is 23.3 Å². The van der Waals surface area contributed by atoms with E-state index in [0.717, 1.165) is 5.56 Å². The van der Waals surface area contributed by atoms with E-state index in [9.17, 15) is 9.59 Å². The summed E-state index contributed by atoms with van der Waals surface area (Å²) in [7, 11) is 1.76.